The smallest absolute Gasteiger partial charge is 0.311 e. The maximum Gasteiger partial charge on any atom is 0.311 e. The van der Waals surface area contributed by atoms with Crippen molar-refractivity contribution in [2.75, 3.05) is 0 Å². The molecular weight excluding hydrogens is 338 g/mol. The van der Waals surface area contributed by atoms with Crippen molar-refractivity contribution in [3.63, 3.8) is 0 Å². The summed E-state index contributed by atoms with van der Waals surface area (Å²) >= 11 is 3.35. The van der Waals surface area contributed by atoms with Crippen molar-refractivity contribution in [2.24, 2.45) is 0 Å². The van der Waals surface area contributed by atoms with Crippen LogP contribution < -0.4 is 4.74 Å². The summed E-state index contributed by atoms with van der Waals surface area (Å²) in [5.74, 6) is 0.683. The number of rotatable bonds is 4. The Morgan fingerprint density at radius 1 is 1.33 bits per heavy atom. The third-order valence-corrected chi connectivity index (χ3v) is 3.72. The number of aryl methyl sites for hydroxylation is 1. The third kappa shape index (κ3) is 3.40. The molecule has 1 N–H and O–H groups in total. The molecule has 0 aliphatic rings. The molecule has 2 aromatic carbocycles. The first-order valence-electron chi connectivity index (χ1n) is 6.29. The molecule has 5 nitrogen and oxygen atoms in total. The standard InChI is InChI=1S/C15H14BrNO4/c1-9-4-3-5-14(17(19)20)15(9)21-11-6-7-12(10(2)18)13(16)8-11/h3-8,10,18H,1-2H3/t10-/m1/s1. The molecule has 21 heavy (non-hydrogen) atoms. The number of nitro groups is 1. The number of hydrogen-bond donors (Lipinski definition) is 1. The second kappa shape index (κ2) is 6.24. The zero-order chi connectivity index (χ0) is 15.6. The van der Waals surface area contributed by atoms with Crippen LogP contribution in [0.25, 0.3) is 0 Å². The molecule has 110 valence electrons. The van der Waals surface area contributed by atoms with Crippen LogP contribution >= 0.6 is 15.9 Å². The van der Waals surface area contributed by atoms with E-state index in [1.54, 1.807) is 44.2 Å². The van der Waals surface area contributed by atoms with Crippen LogP contribution in [0.1, 0.15) is 24.2 Å². The van der Waals surface area contributed by atoms with Crippen LogP contribution in [0.4, 0.5) is 5.69 Å². The molecule has 0 bridgehead atoms. The van der Waals surface area contributed by atoms with Gasteiger partial charge in [-0.25, -0.2) is 0 Å². The number of aliphatic hydroxyl groups excluding tert-OH is 1. The summed E-state index contributed by atoms with van der Waals surface area (Å²) in [6.07, 6.45) is -0.610. The summed E-state index contributed by atoms with van der Waals surface area (Å²) in [5, 5.41) is 20.6. The summed E-state index contributed by atoms with van der Waals surface area (Å²) in [4.78, 5) is 10.6. The molecule has 0 saturated carbocycles. The highest BCUT2D eigenvalue weighted by Crippen LogP contribution is 2.36. The van der Waals surface area contributed by atoms with E-state index < -0.39 is 11.0 Å². The molecule has 0 spiro atoms. The molecule has 0 amide bonds. The highest BCUT2D eigenvalue weighted by molar-refractivity contribution is 9.10. The Bertz CT molecular complexity index is 685. The summed E-state index contributed by atoms with van der Waals surface area (Å²) < 4.78 is 6.35. The fourth-order valence-electron chi connectivity index (χ4n) is 1.94. The van der Waals surface area contributed by atoms with Gasteiger partial charge in [-0.05, 0) is 37.1 Å². The van der Waals surface area contributed by atoms with Gasteiger partial charge < -0.3 is 9.84 Å². The summed E-state index contributed by atoms with van der Waals surface area (Å²) in [5.41, 5.74) is 1.33. The number of benzene rings is 2. The van der Waals surface area contributed by atoms with Crippen LogP contribution in [0.2, 0.25) is 0 Å². The second-order valence-corrected chi connectivity index (χ2v) is 5.50. The lowest BCUT2D eigenvalue weighted by Gasteiger charge is -2.12. The van der Waals surface area contributed by atoms with Gasteiger partial charge >= 0.3 is 5.69 Å². The third-order valence-electron chi connectivity index (χ3n) is 3.03. The van der Waals surface area contributed by atoms with Gasteiger partial charge in [0.25, 0.3) is 0 Å². The highest BCUT2D eigenvalue weighted by atomic mass is 79.9. The Morgan fingerprint density at radius 2 is 2.05 bits per heavy atom. The molecule has 6 heteroatoms. The van der Waals surface area contributed by atoms with E-state index in [1.165, 1.54) is 6.07 Å². The summed E-state index contributed by atoms with van der Waals surface area (Å²) in [6.45, 7) is 3.41. The van der Waals surface area contributed by atoms with E-state index in [0.717, 1.165) is 5.56 Å². The van der Waals surface area contributed by atoms with E-state index >= 15 is 0 Å². The van der Waals surface area contributed by atoms with Crippen LogP contribution in [0.3, 0.4) is 0 Å². The van der Waals surface area contributed by atoms with Gasteiger partial charge in [0, 0.05) is 10.5 Å². The fraction of sp³-hybridized carbons (Fsp3) is 0.200. The largest absolute Gasteiger partial charge is 0.450 e. The summed E-state index contributed by atoms with van der Waals surface area (Å²) in [6, 6.07) is 9.84. The number of aliphatic hydroxyl groups is 1. The molecule has 0 radical (unpaired) electrons. The Morgan fingerprint density at radius 3 is 2.62 bits per heavy atom. The monoisotopic (exact) mass is 351 g/mol. The fourth-order valence-corrected chi connectivity index (χ4v) is 2.63. The first kappa shape index (κ1) is 15.5. The van der Waals surface area contributed by atoms with Gasteiger partial charge in [-0.1, -0.05) is 34.1 Å². The molecular formula is C15H14BrNO4. The van der Waals surface area contributed by atoms with Crippen LogP contribution in [0.5, 0.6) is 11.5 Å². The number of para-hydroxylation sites is 1. The van der Waals surface area contributed by atoms with Gasteiger partial charge in [-0.3, -0.25) is 10.1 Å². The minimum Gasteiger partial charge on any atom is -0.450 e. The summed E-state index contributed by atoms with van der Waals surface area (Å²) in [7, 11) is 0. The minimum absolute atomic E-state index is 0.0780. The SMILES string of the molecule is Cc1cccc([N+](=O)[O-])c1Oc1ccc([C@@H](C)O)c(Br)c1. The second-order valence-electron chi connectivity index (χ2n) is 4.64. The Hall–Kier alpha value is -1.92. The van der Waals surface area contributed by atoms with E-state index in [2.05, 4.69) is 15.9 Å². The van der Waals surface area contributed by atoms with Gasteiger partial charge in [0.15, 0.2) is 0 Å². The average molecular weight is 352 g/mol. The minimum atomic E-state index is -0.610. The molecule has 1 atom stereocenters. The van der Waals surface area contributed by atoms with Gasteiger partial charge in [0.1, 0.15) is 5.75 Å². The maximum atomic E-state index is 11.1. The topological polar surface area (TPSA) is 72.6 Å². The Labute approximate surface area is 130 Å². The highest BCUT2D eigenvalue weighted by Gasteiger charge is 2.18. The van der Waals surface area contributed by atoms with Crippen LogP contribution in [-0.4, -0.2) is 10.0 Å². The van der Waals surface area contributed by atoms with E-state index in [4.69, 9.17) is 4.74 Å². The molecule has 2 rings (SSSR count). The number of ether oxygens (including phenoxy) is 1. The Balaban J connectivity index is 2.39. The lowest BCUT2D eigenvalue weighted by Crippen LogP contribution is -1.97. The van der Waals surface area contributed by atoms with Crippen molar-refractivity contribution in [3.8, 4) is 11.5 Å². The maximum absolute atomic E-state index is 11.1. The quantitative estimate of drug-likeness (QED) is 0.649. The molecule has 0 fully saturated rings. The zero-order valence-electron chi connectivity index (χ0n) is 11.5. The van der Waals surface area contributed by atoms with Gasteiger partial charge in [0.05, 0.1) is 11.0 Å². The van der Waals surface area contributed by atoms with Crippen molar-refractivity contribution < 1.29 is 14.8 Å². The number of hydrogen-bond acceptors (Lipinski definition) is 4. The van der Waals surface area contributed by atoms with Crippen LogP contribution in [0, 0.1) is 17.0 Å². The van der Waals surface area contributed by atoms with E-state index in [9.17, 15) is 15.2 Å². The Kier molecular flexibility index (Phi) is 4.59. The van der Waals surface area contributed by atoms with Crippen molar-refractivity contribution in [1.82, 2.24) is 0 Å². The van der Waals surface area contributed by atoms with E-state index in [-0.39, 0.29) is 11.4 Å². The first-order valence-corrected chi connectivity index (χ1v) is 7.09. The van der Waals surface area contributed by atoms with Crippen LogP contribution in [-0.2, 0) is 0 Å². The average Bonchev–Trinajstić information content (AvgIpc) is 2.40. The van der Waals surface area contributed by atoms with Crippen molar-refractivity contribution in [3.05, 3.63) is 62.1 Å². The number of nitro benzene ring substituents is 1. The van der Waals surface area contributed by atoms with Crippen LogP contribution in [0.15, 0.2) is 40.9 Å². The number of halogens is 1. The molecule has 0 aliphatic heterocycles. The predicted octanol–water partition coefficient (Wildman–Crippen LogP) is 4.51. The van der Waals surface area contributed by atoms with Gasteiger partial charge in [-0.2, -0.15) is 0 Å². The van der Waals surface area contributed by atoms with E-state index in [0.29, 0.717) is 15.8 Å². The molecule has 0 saturated heterocycles. The predicted molar refractivity (Wildman–Crippen MR) is 82.7 cm³/mol. The lowest BCUT2D eigenvalue weighted by atomic mass is 10.1. The first-order chi connectivity index (χ1) is 9.90. The van der Waals surface area contributed by atoms with Crippen molar-refractivity contribution >= 4 is 21.6 Å². The van der Waals surface area contributed by atoms with Gasteiger partial charge in [-0.15, -0.1) is 0 Å². The normalized spacial score (nSPS) is 12.0. The molecule has 2 aromatic rings. The molecule has 0 aliphatic carbocycles. The zero-order valence-corrected chi connectivity index (χ0v) is 13.1. The van der Waals surface area contributed by atoms with Gasteiger partial charge in [0.2, 0.25) is 5.75 Å². The van der Waals surface area contributed by atoms with E-state index in [1.807, 2.05) is 0 Å². The molecule has 0 unspecified atom stereocenters. The number of nitrogens with zero attached hydrogens (tertiary/aromatic N) is 1. The molecule has 0 aromatic heterocycles. The lowest BCUT2D eigenvalue weighted by molar-refractivity contribution is -0.385. The van der Waals surface area contributed by atoms with Crippen molar-refractivity contribution in [1.29, 1.82) is 0 Å². The van der Waals surface area contributed by atoms with Crippen molar-refractivity contribution in [2.45, 2.75) is 20.0 Å². The molecule has 0 heterocycles.